The zero-order valence-corrected chi connectivity index (χ0v) is 11.3. The summed E-state index contributed by atoms with van der Waals surface area (Å²) < 4.78 is 10.2. The van der Waals surface area contributed by atoms with Crippen molar-refractivity contribution in [3.8, 4) is 6.07 Å². The minimum absolute atomic E-state index is 0.413. The number of nitrogens with one attached hydrogen (secondary N) is 1. The van der Waals surface area contributed by atoms with Crippen molar-refractivity contribution < 1.29 is 13.9 Å². The number of rotatable bonds is 4. The van der Waals surface area contributed by atoms with Gasteiger partial charge in [0.1, 0.15) is 17.1 Å². The van der Waals surface area contributed by atoms with Crippen molar-refractivity contribution in [2.24, 2.45) is 0 Å². The highest BCUT2D eigenvalue weighted by molar-refractivity contribution is 5.90. The number of carbonyl (C=O) groups excluding carboxylic acids is 1. The molecule has 1 aromatic heterocycles. The third kappa shape index (κ3) is 2.98. The van der Waals surface area contributed by atoms with E-state index in [4.69, 9.17) is 9.68 Å². The van der Waals surface area contributed by atoms with Crippen molar-refractivity contribution in [1.82, 2.24) is 0 Å². The lowest BCUT2D eigenvalue weighted by Crippen LogP contribution is -2.01. The predicted molar refractivity (Wildman–Crippen MR) is 73.3 cm³/mol. The standard InChI is InChI=1S/C15H14N2O3/c1-10-14(15(18)19-2)7-13(20-10)9-17-12-5-3-4-11(6-12)8-16/h3-7,17H,9H2,1-2H3. The number of hydrogen-bond donors (Lipinski definition) is 1. The van der Waals surface area contributed by atoms with Crippen LogP contribution in [0.15, 0.2) is 34.7 Å². The van der Waals surface area contributed by atoms with E-state index in [0.29, 0.717) is 29.2 Å². The molecule has 0 saturated carbocycles. The number of aryl methyl sites for hydroxylation is 1. The second-order valence-corrected chi connectivity index (χ2v) is 4.22. The fourth-order valence-electron chi connectivity index (χ4n) is 1.83. The van der Waals surface area contributed by atoms with E-state index in [0.717, 1.165) is 5.69 Å². The van der Waals surface area contributed by atoms with E-state index in [1.54, 1.807) is 31.2 Å². The Hall–Kier alpha value is -2.74. The first-order valence-electron chi connectivity index (χ1n) is 6.05. The van der Waals surface area contributed by atoms with E-state index in [9.17, 15) is 4.79 Å². The maximum Gasteiger partial charge on any atom is 0.341 e. The number of nitrogens with zero attached hydrogens (tertiary/aromatic N) is 1. The van der Waals surface area contributed by atoms with Gasteiger partial charge in [0, 0.05) is 5.69 Å². The molecule has 0 unspecified atom stereocenters. The highest BCUT2D eigenvalue weighted by Gasteiger charge is 2.14. The molecule has 1 aromatic carbocycles. The molecular weight excluding hydrogens is 256 g/mol. The summed E-state index contributed by atoms with van der Waals surface area (Å²) in [5.41, 5.74) is 1.83. The van der Waals surface area contributed by atoms with Gasteiger partial charge in [0.25, 0.3) is 0 Å². The number of esters is 1. The van der Waals surface area contributed by atoms with Gasteiger partial charge in [0.15, 0.2) is 0 Å². The number of furan rings is 1. The molecule has 0 fully saturated rings. The highest BCUT2D eigenvalue weighted by atomic mass is 16.5. The molecule has 1 heterocycles. The lowest BCUT2D eigenvalue weighted by atomic mass is 10.2. The third-order valence-electron chi connectivity index (χ3n) is 2.83. The van der Waals surface area contributed by atoms with E-state index < -0.39 is 5.97 Å². The summed E-state index contributed by atoms with van der Waals surface area (Å²) in [7, 11) is 1.33. The molecule has 0 radical (unpaired) electrons. The third-order valence-corrected chi connectivity index (χ3v) is 2.83. The topological polar surface area (TPSA) is 75.3 Å². The van der Waals surface area contributed by atoms with Gasteiger partial charge in [-0.05, 0) is 31.2 Å². The number of ether oxygens (including phenoxy) is 1. The summed E-state index contributed by atoms with van der Waals surface area (Å²) in [5.74, 6) is 0.744. The van der Waals surface area contributed by atoms with E-state index in [1.807, 2.05) is 6.07 Å². The molecule has 0 bridgehead atoms. The average Bonchev–Trinajstić information content (AvgIpc) is 2.85. The van der Waals surface area contributed by atoms with Crippen LogP contribution in [0.4, 0.5) is 5.69 Å². The molecule has 5 heteroatoms. The maximum atomic E-state index is 11.5. The van der Waals surface area contributed by atoms with Crippen LogP contribution in [0.3, 0.4) is 0 Å². The molecule has 2 aromatic rings. The Labute approximate surface area is 116 Å². The molecule has 5 nitrogen and oxygen atoms in total. The molecular formula is C15H14N2O3. The summed E-state index contributed by atoms with van der Waals surface area (Å²) >= 11 is 0. The van der Waals surface area contributed by atoms with E-state index in [2.05, 4.69) is 16.1 Å². The summed E-state index contributed by atoms with van der Waals surface area (Å²) in [6.45, 7) is 2.14. The Morgan fingerprint density at radius 1 is 1.45 bits per heavy atom. The van der Waals surface area contributed by atoms with Crippen LogP contribution in [0.1, 0.15) is 27.4 Å². The molecule has 20 heavy (non-hydrogen) atoms. The molecule has 102 valence electrons. The molecule has 0 aliphatic rings. The number of carbonyl (C=O) groups is 1. The van der Waals surface area contributed by atoms with Crippen LogP contribution in [0.25, 0.3) is 0 Å². The lowest BCUT2D eigenvalue weighted by molar-refractivity contribution is 0.0599. The van der Waals surface area contributed by atoms with E-state index in [-0.39, 0.29) is 0 Å². The van der Waals surface area contributed by atoms with Gasteiger partial charge in [-0.1, -0.05) is 6.07 Å². The van der Waals surface area contributed by atoms with E-state index >= 15 is 0 Å². The van der Waals surface area contributed by atoms with Gasteiger partial charge in [-0.3, -0.25) is 0 Å². The predicted octanol–water partition coefficient (Wildman–Crippen LogP) is 2.86. The van der Waals surface area contributed by atoms with Crippen molar-refractivity contribution in [1.29, 1.82) is 5.26 Å². The summed E-state index contributed by atoms with van der Waals surface area (Å²) in [5, 5.41) is 12.0. The Balaban J connectivity index is 2.08. The summed E-state index contributed by atoms with van der Waals surface area (Å²) in [6.07, 6.45) is 0. The number of methoxy groups -OCH3 is 1. The van der Waals surface area contributed by atoms with Crippen molar-refractivity contribution in [3.63, 3.8) is 0 Å². The summed E-state index contributed by atoms with van der Waals surface area (Å²) in [6, 6.07) is 10.9. The molecule has 0 aliphatic heterocycles. The molecule has 0 aliphatic carbocycles. The molecule has 0 spiro atoms. The van der Waals surface area contributed by atoms with Gasteiger partial charge in [0.05, 0.1) is 25.3 Å². The second kappa shape index (κ2) is 5.93. The maximum absolute atomic E-state index is 11.5. The minimum Gasteiger partial charge on any atom is -0.465 e. The number of nitriles is 1. The Morgan fingerprint density at radius 3 is 2.95 bits per heavy atom. The molecule has 2 rings (SSSR count). The second-order valence-electron chi connectivity index (χ2n) is 4.22. The number of anilines is 1. The monoisotopic (exact) mass is 270 g/mol. The highest BCUT2D eigenvalue weighted by Crippen LogP contribution is 2.17. The van der Waals surface area contributed by atoms with Crippen molar-refractivity contribution in [3.05, 3.63) is 53.0 Å². The molecule has 0 saturated heterocycles. The van der Waals surface area contributed by atoms with Gasteiger partial charge in [-0.2, -0.15) is 5.26 Å². The van der Waals surface area contributed by atoms with Gasteiger partial charge >= 0.3 is 5.97 Å². The van der Waals surface area contributed by atoms with Crippen LogP contribution in [-0.2, 0) is 11.3 Å². The normalized spacial score (nSPS) is 9.85. The quantitative estimate of drug-likeness (QED) is 0.864. The first-order chi connectivity index (χ1) is 9.63. The Kier molecular flexibility index (Phi) is 4.06. The van der Waals surface area contributed by atoms with Crippen LogP contribution in [0.2, 0.25) is 0 Å². The molecule has 1 N–H and O–H groups in total. The molecule has 0 amide bonds. The van der Waals surface area contributed by atoms with E-state index in [1.165, 1.54) is 7.11 Å². The first kappa shape index (κ1) is 13.7. The Bertz CT molecular complexity index is 668. The fourth-order valence-corrected chi connectivity index (χ4v) is 1.83. The van der Waals surface area contributed by atoms with Gasteiger partial charge < -0.3 is 14.5 Å². The number of hydrogen-bond acceptors (Lipinski definition) is 5. The lowest BCUT2D eigenvalue weighted by Gasteiger charge is -2.04. The van der Waals surface area contributed by atoms with Crippen molar-refractivity contribution in [2.45, 2.75) is 13.5 Å². The smallest absolute Gasteiger partial charge is 0.341 e. The average molecular weight is 270 g/mol. The van der Waals surface area contributed by atoms with Crippen LogP contribution in [0, 0.1) is 18.3 Å². The fraction of sp³-hybridized carbons (Fsp3) is 0.200. The van der Waals surface area contributed by atoms with Crippen LogP contribution in [-0.4, -0.2) is 13.1 Å². The molecule has 0 atom stereocenters. The van der Waals surface area contributed by atoms with Gasteiger partial charge in [0.2, 0.25) is 0 Å². The first-order valence-corrected chi connectivity index (χ1v) is 6.05. The zero-order valence-electron chi connectivity index (χ0n) is 11.3. The van der Waals surface area contributed by atoms with Gasteiger partial charge in [-0.15, -0.1) is 0 Å². The summed E-state index contributed by atoms with van der Waals surface area (Å²) in [4.78, 5) is 11.5. The van der Waals surface area contributed by atoms with Crippen LogP contribution >= 0.6 is 0 Å². The van der Waals surface area contributed by atoms with Crippen LogP contribution in [0.5, 0.6) is 0 Å². The minimum atomic E-state index is -0.413. The van der Waals surface area contributed by atoms with Crippen molar-refractivity contribution >= 4 is 11.7 Å². The van der Waals surface area contributed by atoms with Gasteiger partial charge in [-0.25, -0.2) is 4.79 Å². The van der Waals surface area contributed by atoms with Crippen LogP contribution < -0.4 is 5.32 Å². The SMILES string of the molecule is COC(=O)c1cc(CNc2cccc(C#N)c2)oc1C. The largest absolute Gasteiger partial charge is 0.465 e. The zero-order chi connectivity index (χ0) is 14.5. The van der Waals surface area contributed by atoms with Crippen molar-refractivity contribution in [2.75, 3.05) is 12.4 Å². The Morgan fingerprint density at radius 2 is 2.25 bits per heavy atom. The number of benzene rings is 1.